The van der Waals surface area contributed by atoms with Crippen molar-refractivity contribution in [3.63, 3.8) is 0 Å². The Morgan fingerprint density at radius 3 is 2.35 bits per heavy atom. The van der Waals surface area contributed by atoms with Crippen LogP contribution in [0.3, 0.4) is 0 Å². The quantitative estimate of drug-likeness (QED) is 0.565. The van der Waals surface area contributed by atoms with Crippen LogP contribution in [0.4, 0.5) is 0 Å². The van der Waals surface area contributed by atoms with Crippen molar-refractivity contribution in [1.82, 2.24) is 10.2 Å². The van der Waals surface area contributed by atoms with Crippen LogP contribution >= 0.6 is 0 Å². The van der Waals surface area contributed by atoms with Gasteiger partial charge in [0.1, 0.15) is 5.78 Å². The molecule has 1 amide bonds. The second kappa shape index (κ2) is 11.0. The average molecular weight is 369 g/mol. The van der Waals surface area contributed by atoms with Gasteiger partial charge < -0.3 is 14.8 Å². The number of carbonyl (C=O) groups excluding carboxylic acids is 2. The van der Waals surface area contributed by atoms with Gasteiger partial charge in [0.15, 0.2) is 0 Å². The first kappa shape index (κ1) is 21.3. The molecule has 1 saturated heterocycles. The molecule has 0 aromatic rings. The minimum Gasteiger partial charge on any atom is -0.377 e. The number of ether oxygens (including phenoxy) is 2. The first-order valence-corrected chi connectivity index (χ1v) is 10.2. The summed E-state index contributed by atoms with van der Waals surface area (Å²) >= 11 is 0. The Morgan fingerprint density at radius 1 is 1.04 bits per heavy atom. The van der Waals surface area contributed by atoms with Gasteiger partial charge in [-0.15, -0.1) is 0 Å². The number of likely N-dealkylation sites (tertiary alicyclic amines) is 1. The molecule has 6 heteroatoms. The number of rotatable bonds is 11. The highest BCUT2D eigenvalue weighted by Crippen LogP contribution is 2.32. The molecule has 0 spiro atoms. The van der Waals surface area contributed by atoms with Crippen molar-refractivity contribution in [3.8, 4) is 0 Å². The molecule has 2 rings (SSSR count). The molecule has 0 aromatic carbocycles. The fourth-order valence-corrected chi connectivity index (χ4v) is 3.86. The van der Waals surface area contributed by atoms with Crippen LogP contribution in [0.1, 0.15) is 52.9 Å². The molecule has 1 heterocycles. The Kier molecular flexibility index (Phi) is 9.02. The maximum Gasteiger partial charge on any atom is 0.225 e. The van der Waals surface area contributed by atoms with E-state index < -0.39 is 0 Å². The summed E-state index contributed by atoms with van der Waals surface area (Å²) in [7, 11) is 0. The lowest BCUT2D eigenvalue weighted by Gasteiger charge is -2.45. The van der Waals surface area contributed by atoms with Crippen molar-refractivity contribution in [2.24, 2.45) is 11.8 Å². The average Bonchev–Trinajstić information content (AvgIpc) is 2.59. The van der Waals surface area contributed by atoms with E-state index in [1.165, 1.54) is 0 Å². The Labute approximate surface area is 158 Å². The van der Waals surface area contributed by atoms with Gasteiger partial charge >= 0.3 is 0 Å². The highest BCUT2D eigenvalue weighted by Gasteiger charge is 2.38. The van der Waals surface area contributed by atoms with Crippen molar-refractivity contribution in [2.75, 3.05) is 39.5 Å². The van der Waals surface area contributed by atoms with Gasteiger partial charge in [0, 0.05) is 38.0 Å². The van der Waals surface area contributed by atoms with Gasteiger partial charge in [0.2, 0.25) is 5.91 Å². The summed E-state index contributed by atoms with van der Waals surface area (Å²) in [4.78, 5) is 26.4. The van der Waals surface area contributed by atoms with E-state index in [1.807, 2.05) is 20.8 Å². The minimum absolute atomic E-state index is 0.106. The molecule has 1 N–H and O–H groups in total. The van der Waals surface area contributed by atoms with E-state index in [9.17, 15) is 9.59 Å². The van der Waals surface area contributed by atoms with Crippen LogP contribution < -0.4 is 5.32 Å². The van der Waals surface area contributed by atoms with E-state index >= 15 is 0 Å². The van der Waals surface area contributed by atoms with Gasteiger partial charge in [-0.05, 0) is 39.5 Å². The molecule has 6 nitrogen and oxygen atoms in total. The molecule has 150 valence electrons. The maximum absolute atomic E-state index is 12.1. The second-order valence-corrected chi connectivity index (χ2v) is 7.80. The Hall–Kier alpha value is -0.980. The number of carbonyl (C=O) groups is 2. The molecule has 0 bridgehead atoms. The predicted molar refractivity (Wildman–Crippen MR) is 101 cm³/mol. The zero-order valence-corrected chi connectivity index (χ0v) is 16.7. The number of Topliss-reactive ketones (excluding diaryl/α,β-unsaturated/α-hetero) is 1. The number of nitrogens with zero attached hydrogens (tertiary/aromatic N) is 1. The molecule has 26 heavy (non-hydrogen) atoms. The Morgan fingerprint density at radius 2 is 1.73 bits per heavy atom. The van der Waals surface area contributed by atoms with Crippen LogP contribution in [0.15, 0.2) is 0 Å². The molecule has 0 radical (unpaired) electrons. The summed E-state index contributed by atoms with van der Waals surface area (Å²) in [5.74, 6) is 0.942. The molecule has 2 aliphatic rings. The van der Waals surface area contributed by atoms with Gasteiger partial charge in [-0.2, -0.15) is 0 Å². The summed E-state index contributed by atoms with van der Waals surface area (Å²) in [6, 6.07) is 0.559. The molecule has 0 atom stereocenters. The van der Waals surface area contributed by atoms with E-state index in [1.54, 1.807) is 0 Å². The normalized spacial score (nSPS) is 24.5. The highest BCUT2D eigenvalue weighted by atomic mass is 16.5. The van der Waals surface area contributed by atoms with E-state index in [2.05, 4.69) is 10.2 Å². The Bertz CT molecular complexity index is 441. The molecular weight excluding hydrogens is 332 g/mol. The number of ketones is 1. The molecular formula is C20H36N2O4. The lowest BCUT2D eigenvalue weighted by atomic mass is 9.80. The molecule has 0 aromatic heterocycles. The zero-order valence-electron chi connectivity index (χ0n) is 16.7. The SMILES string of the molecule is CCC(=O)C1CCC(N2CC(C(=O)NCCOCCOC(C)C)C2)CC1. The van der Waals surface area contributed by atoms with Crippen LogP contribution in [0, 0.1) is 11.8 Å². The number of amides is 1. The van der Waals surface area contributed by atoms with E-state index in [4.69, 9.17) is 9.47 Å². The molecule has 2 fully saturated rings. The molecule has 0 unspecified atom stereocenters. The summed E-state index contributed by atoms with van der Waals surface area (Å²) in [5.41, 5.74) is 0. The van der Waals surface area contributed by atoms with Gasteiger partial charge in [-0.1, -0.05) is 6.92 Å². The number of nitrogens with one attached hydrogen (secondary N) is 1. The van der Waals surface area contributed by atoms with Gasteiger partial charge in [-0.3, -0.25) is 14.5 Å². The first-order chi connectivity index (χ1) is 12.5. The summed E-state index contributed by atoms with van der Waals surface area (Å²) in [6.07, 6.45) is 5.11. The summed E-state index contributed by atoms with van der Waals surface area (Å²) < 4.78 is 10.8. The van der Waals surface area contributed by atoms with Gasteiger partial charge in [-0.25, -0.2) is 0 Å². The van der Waals surface area contributed by atoms with E-state index in [0.29, 0.717) is 44.6 Å². The summed E-state index contributed by atoms with van der Waals surface area (Å²) in [5, 5.41) is 2.96. The third-order valence-electron chi connectivity index (χ3n) is 5.52. The number of hydrogen-bond acceptors (Lipinski definition) is 5. The maximum atomic E-state index is 12.1. The third kappa shape index (κ3) is 6.63. The van der Waals surface area contributed by atoms with Crippen LogP contribution in [-0.4, -0.2) is 68.2 Å². The van der Waals surface area contributed by atoms with Crippen LogP contribution in [0.2, 0.25) is 0 Å². The van der Waals surface area contributed by atoms with Crippen LogP contribution in [0.25, 0.3) is 0 Å². The molecule has 1 aliphatic heterocycles. The Balaban J connectivity index is 1.50. The van der Waals surface area contributed by atoms with Crippen molar-refractivity contribution in [3.05, 3.63) is 0 Å². The van der Waals surface area contributed by atoms with Crippen molar-refractivity contribution >= 4 is 11.7 Å². The van der Waals surface area contributed by atoms with Gasteiger partial charge in [0.25, 0.3) is 0 Å². The fourth-order valence-electron chi connectivity index (χ4n) is 3.86. The van der Waals surface area contributed by atoms with Crippen LogP contribution in [-0.2, 0) is 19.1 Å². The third-order valence-corrected chi connectivity index (χ3v) is 5.52. The standard InChI is InChI=1S/C20H36N2O4/c1-4-19(23)16-5-7-18(8-6-16)22-13-17(14-22)20(24)21-9-10-25-11-12-26-15(2)3/h15-18H,4-14H2,1-3H3,(H,21,24). The molecule has 1 aliphatic carbocycles. The van der Waals surface area contributed by atoms with E-state index in [0.717, 1.165) is 38.8 Å². The fraction of sp³-hybridized carbons (Fsp3) is 0.900. The minimum atomic E-state index is 0.106. The zero-order chi connectivity index (χ0) is 18.9. The predicted octanol–water partition coefficient (Wildman–Crippen LogP) is 2.01. The smallest absolute Gasteiger partial charge is 0.225 e. The molecule has 1 saturated carbocycles. The monoisotopic (exact) mass is 368 g/mol. The number of hydrogen-bond donors (Lipinski definition) is 1. The second-order valence-electron chi connectivity index (χ2n) is 7.80. The summed E-state index contributed by atoms with van der Waals surface area (Å²) in [6.45, 7) is 9.90. The van der Waals surface area contributed by atoms with Crippen LogP contribution in [0.5, 0.6) is 0 Å². The van der Waals surface area contributed by atoms with Crippen molar-refractivity contribution < 1.29 is 19.1 Å². The topological polar surface area (TPSA) is 67.9 Å². The van der Waals surface area contributed by atoms with Crippen molar-refractivity contribution in [2.45, 2.75) is 65.0 Å². The lowest BCUT2D eigenvalue weighted by Crippen LogP contribution is -2.58. The first-order valence-electron chi connectivity index (χ1n) is 10.2. The van der Waals surface area contributed by atoms with Crippen molar-refractivity contribution in [1.29, 1.82) is 0 Å². The van der Waals surface area contributed by atoms with Gasteiger partial charge in [0.05, 0.1) is 31.8 Å². The lowest BCUT2D eigenvalue weighted by molar-refractivity contribution is -0.132. The van der Waals surface area contributed by atoms with E-state index in [-0.39, 0.29) is 23.8 Å². The highest BCUT2D eigenvalue weighted by molar-refractivity contribution is 5.81. The largest absolute Gasteiger partial charge is 0.377 e.